The highest BCUT2D eigenvalue weighted by atomic mass is 35.5. The van der Waals surface area contributed by atoms with Gasteiger partial charge in [0.1, 0.15) is 83.8 Å². The number of nitrogens with zero attached hydrogens (tertiary/aromatic N) is 3. The van der Waals surface area contributed by atoms with Gasteiger partial charge >= 0.3 is 5.97 Å². The van der Waals surface area contributed by atoms with Crippen molar-refractivity contribution >= 4 is 58.0 Å². The normalized spacial score (nSPS) is 24.9. The van der Waals surface area contributed by atoms with Gasteiger partial charge in [-0.1, -0.05) is 207 Å². The number of benzene rings is 6. The van der Waals surface area contributed by atoms with E-state index in [1.807, 2.05) is 0 Å². The topological polar surface area (TPSA) is 367 Å². The van der Waals surface area contributed by atoms with Crippen molar-refractivity contribution in [2.75, 3.05) is 63.3 Å². The predicted octanol–water partition coefficient (Wildman–Crippen LogP) is 10.6. The molecule has 0 aromatic heterocycles. The van der Waals surface area contributed by atoms with Crippen molar-refractivity contribution < 1.29 is 124 Å². The third-order valence-corrected chi connectivity index (χ3v) is 28.2. The van der Waals surface area contributed by atoms with Gasteiger partial charge in [0.15, 0.2) is 23.9 Å². The van der Waals surface area contributed by atoms with E-state index in [0.29, 0.717) is 49.9 Å². The number of Topliss-reactive ketones (excluding diaryl/α,β-unsaturated/α-hetero) is 2. The van der Waals surface area contributed by atoms with Crippen molar-refractivity contribution in [3.8, 4) is 11.5 Å². The number of carbonyl (C=O) groups excluding carboxylic acids is 6. The molecule has 0 aliphatic carbocycles. The Morgan fingerprint density at radius 1 is 0.464 bits per heavy atom. The molecule has 6 aromatic rings. The fourth-order valence-corrected chi connectivity index (χ4v) is 20.1. The van der Waals surface area contributed by atoms with Crippen LogP contribution in [0, 0.1) is 0 Å². The minimum atomic E-state index is -1.79. The number of ketones is 2. The van der Waals surface area contributed by atoms with Gasteiger partial charge in [0.2, 0.25) is 18.5 Å². The Balaban J connectivity index is 0.000000252. The van der Waals surface area contributed by atoms with Crippen molar-refractivity contribution in [2.45, 2.75) is 312 Å². The number of unbranched alkanes of at least 4 members (excludes halogenated alkanes) is 12. The number of nitrogens with two attached hydrogens (primary N) is 1. The number of para-hydroxylation sites is 4. The molecule has 0 saturated carbocycles. The van der Waals surface area contributed by atoms with Crippen LogP contribution in [0.4, 0.5) is 31.5 Å². The van der Waals surface area contributed by atoms with E-state index in [-0.39, 0.29) is 108 Å². The number of imide groups is 1. The van der Waals surface area contributed by atoms with Gasteiger partial charge in [0, 0.05) is 104 Å². The first-order chi connectivity index (χ1) is 66.1. The van der Waals surface area contributed by atoms with E-state index in [9.17, 15) is 78.4 Å². The lowest BCUT2D eigenvalue weighted by molar-refractivity contribution is -0.850. The molecule has 3 saturated heterocycles. The number of aliphatic hydroxyl groups excluding tert-OH is 8. The molecule has 16 atom stereocenters. The molecule has 29 heteroatoms. The first-order valence-corrected chi connectivity index (χ1v) is 49.3. The molecule has 7 aliphatic rings. The molecular formula is C111H151ClF2N7O19+. The van der Waals surface area contributed by atoms with Crippen LogP contribution in [-0.4, -0.2) is 208 Å². The average Bonchev–Trinajstić information content (AvgIpc) is 1.60. The Hall–Kier alpha value is -9.99. The lowest BCUT2D eigenvalue weighted by Crippen LogP contribution is -3.10. The molecule has 16 unspecified atom stereocenters. The number of likely N-dealkylation sites (N-methyl/N-ethyl adjacent to an activating group) is 2. The number of allylic oxidation sites excluding steroid dienone is 10. The van der Waals surface area contributed by atoms with E-state index in [1.54, 1.807) is 0 Å². The molecule has 0 bridgehead atoms. The number of anilines is 2. The molecule has 3 amide bonds. The molecule has 140 heavy (non-hydrogen) atoms. The van der Waals surface area contributed by atoms with E-state index in [1.165, 1.54) is 115 Å². The fraction of sp³-hybridized carbons (Fsp3) is 0.514. The molecule has 13 N–H and O–H groups in total. The number of halogens is 3. The summed E-state index contributed by atoms with van der Waals surface area (Å²) in [5.74, 6) is -1.91. The number of hydrogen-bond acceptors (Lipinski definition) is 22. The fourth-order valence-electron chi connectivity index (χ4n) is 20.1. The summed E-state index contributed by atoms with van der Waals surface area (Å²) in [6, 6.07) is 46.7. The Morgan fingerprint density at radius 2 is 0.829 bits per heavy atom. The number of amides is 3. The zero-order chi connectivity index (χ0) is 99.6. The van der Waals surface area contributed by atoms with Gasteiger partial charge < -0.3 is 97.9 Å². The number of carbonyl (C=O) groups is 6. The minimum absolute atomic E-state index is 0. The second-order valence-electron chi connectivity index (χ2n) is 39.4. The van der Waals surface area contributed by atoms with E-state index < -0.39 is 116 Å². The van der Waals surface area contributed by atoms with Gasteiger partial charge in [-0.2, -0.15) is 0 Å². The third-order valence-electron chi connectivity index (χ3n) is 28.2. The zero-order valence-corrected chi connectivity index (χ0v) is 82.9. The summed E-state index contributed by atoms with van der Waals surface area (Å²) in [5.41, 5.74) is 18.9. The maximum atomic E-state index is 15.0. The molecule has 0 spiro atoms. The molecule has 764 valence electrons. The Kier molecular flexibility index (Phi) is 43.3. The maximum absolute atomic E-state index is 15.0. The van der Waals surface area contributed by atoms with Crippen LogP contribution < -0.4 is 52.5 Å². The highest BCUT2D eigenvalue weighted by Gasteiger charge is 2.51. The summed E-state index contributed by atoms with van der Waals surface area (Å²) in [6.07, 6.45) is 19.5. The Labute approximate surface area is 831 Å². The van der Waals surface area contributed by atoms with Crippen LogP contribution in [0.2, 0.25) is 0 Å². The van der Waals surface area contributed by atoms with Gasteiger partial charge in [-0.15, -0.1) is 5.06 Å². The van der Waals surface area contributed by atoms with Gasteiger partial charge in [-0.05, 0) is 194 Å². The second kappa shape index (κ2) is 53.4. The van der Waals surface area contributed by atoms with Crippen molar-refractivity contribution in [2.24, 2.45) is 5.73 Å². The zero-order valence-electron chi connectivity index (χ0n) is 82.1. The van der Waals surface area contributed by atoms with E-state index in [4.69, 9.17) is 29.5 Å². The van der Waals surface area contributed by atoms with Crippen molar-refractivity contribution in [1.82, 2.24) is 10.4 Å². The van der Waals surface area contributed by atoms with Crippen LogP contribution in [0.5, 0.6) is 11.5 Å². The van der Waals surface area contributed by atoms with Crippen LogP contribution in [0.15, 0.2) is 218 Å². The van der Waals surface area contributed by atoms with Crippen molar-refractivity contribution in [1.29, 1.82) is 0 Å². The maximum Gasteiger partial charge on any atom is 0.333 e. The SMILES string of the molecule is C.CN1/C(=C/C=C/C=C/C2[NH+](CCCCCC(=O)NCCCCCCCC(=O)C(F)c3ccc(OC4OC(CO)C(O)C(O)C4O)cc3)c3ccccc3C2(C)C)C(C)(C)c2ccccc21.CN1/C(=C/C=C/C=C/C2[NH+](CCCCCC(=O)ON3C(=O)CCC3=O)c3ccccc3C2(C)C)C(C)(C)c2ccccc21.NCCCCCCCC(=O)C(F)c1ccc(OC2OC(CO)C(O)C(O)C2O)cc1.[Cl-]. The molecule has 6 aromatic carbocycles. The van der Waals surface area contributed by atoms with Gasteiger partial charge in [0.25, 0.3) is 11.8 Å². The summed E-state index contributed by atoms with van der Waals surface area (Å²) in [4.78, 5) is 85.3. The number of hydrogen-bond donors (Lipinski definition) is 12. The Bertz CT molecular complexity index is 5200. The highest BCUT2D eigenvalue weighted by Crippen LogP contribution is 2.49. The van der Waals surface area contributed by atoms with E-state index in [0.717, 1.165) is 96.6 Å². The minimum Gasteiger partial charge on any atom is -1.00 e. The van der Waals surface area contributed by atoms with Crippen molar-refractivity contribution in [3.05, 3.63) is 251 Å². The first-order valence-electron chi connectivity index (χ1n) is 49.3. The summed E-state index contributed by atoms with van der Waals surface area (Å²) in [5, 5.41) is 81.9. The monoisotopic (exact) mass is 1960 g/mol. The van der Waals surface area contributed by atoms with E-state index in [2.05, 4.69) is 242 Å². The van der Waals surface area contributed by atoms with Crippen LogP contribution in [0.3, 0.4) is 0 Å². The number of nitrogens with one attached hydrogen (secondary N) is 3. The summed E-state index contributed by atoms with van der Waals surface area (Å²) < 4.78 is 51.0. The molecule has 3 fully saturated rings. The quantitative estimate of drug-likeness (QED) is 0.00960. The number of rotatable bonds is 44. The van der Waals surface area contributed by atoms with Crippen LogP contribution >= 0.6 is 0 Å². The Morgan fingerprint density at radius 3 is 1.24 bits per heavy atom. The van der Waals surface area contributed by atoms with Gasteiger partial charge in [-0.25, -0.2) is 13.6 Å². The predicted molar refractivity (Wildman–Crippen MR) is 534 cm³/mol. The lowest BCUT2D eigenvalue weighted by Gasteiger charge is -2.39. The largest absolute Gasteiger partial charge is 1.00 e. The molecule has 7 aliphatic heterocycles. The highest BCUT2D eigenvalue weighted by molar-refractivity contribution is 6.01. The summed E-state index contributed by atoms with van der Waals surface area (Å²) in [6.45, 7) is 20.5. The average molecular weight is 1960 g/mol. The number of quaternary nitrogens is 2. The molecule has 26 nitrogen and oxygen atoms in total. The second-order valence-corrected chi connectivity index (χ2v) is 39.4. The van der Waals surface area contributed by atoms with Crippen molar-refractivity contribution in [3.63, 3.8) is 0 Å². The summed E-state index contributed by atoms with van der Waals surface area (Å²) in [7, 11) is 4.29. The number of hydroxylamine groups is 2. The van der Waals surface area contributed by atoms with Crippen LogP contribution in [0.25, 0.3) is 0 Å². The number of fused-ring (bicyclic) bond motifs is 4. The lowest BCUT2D eigenvalue weighted by atomic mass is 9.80. The molecular weight excluding hydrogens is 1810 g/mol. The van der Waals surface area contributed by atoms with Crippen LogP contribution in [0.1, 0.15) is 250 Å². The molecule has 13 rings (SSSR count). The smallest absolute Gasteiger partial charge is 0.333 e. The first kappa shape index (κ1) is 114. The summed E-state index contributed by atoms with van der Waals surface area (Å²) >= 11 is 0. The molecule has 7 heterocycles. The standard InChI is InChI=1S/C53H70FN3O8.C36H43N3O4.C21H32FNO7.CH4.ClH/c1-52(2)38-21-15-17-23-40(38)56(5)44(52)26-12-9-13-27-45-53(3,4)39-22-16-18-24-41(39)57(45)34-20-10-14-28-46(60)55-33-19-8-6-7-11-25-42(59)47(54)36-29-31-37(32-30-36)64-51-50(63)49(62)48(61)43(35-58)65-51;1-35(2)26-16-11-13-18-28(26)37(5)30(35)20-8-6-9-21-31-36(3,4)27-17-12-14-19-29(27)38(31)25-15-7-10-22-34(42)43-39-32(40)23-24-33(39)41;22-17(15(25)6-4-2-1-3-5-11-23)13-7-9-14(10-8-13)29-21-20(28)19(27)18(26)16(12-24)30-21;;/h9,12-13,15-18,21-24,26-27,29-32,43,45,47-51,58,61-63H,6-8,10-11,14,19-20,25,28,33-35H2,1-5H3,(H,55,60);6,8-9,11-14,16-21,31H,7,10,15,22-25H2,1-5H3;7-10,16-21,24,26-28H,1-6,11-12,23H2;1H4;1H/p+1/b12-9+,27-13+,44-26+;8-6+,21-9+,30-20+;;;. The number of alkyl halides is 2. The van der Waals surface area contributed by atoms with Gasteiger partial charge in [-0.3, -0.25) is 33.8 Å². The number of aliphatic hydroxyl groups is 8. The number of ether oxygens (including phenoxy) is 4. The van der Waals surface area contributed by atoms with Crippen LogP contribution in [-0.2, 0) is 64.7 Å². The van der Waals surface area contributed by atoms with Gasteiger partial charge in [0.05, 0.1) is 37.1 Å². The van der Waals surface area contributed by atoms with E-state index >= 15 is 0 Å². The third kappa shape index (κ3) is 28.3. The molecule has 0 radical (unpaired) electrons.